The summed E-state index contributed by atoms with van der Waals surface area (Å²) in [6, 6.07) is -4.37. The molecule has 1 fully saturated rings. The van der Waals surface area contributed by atoms with Gasteiger partial charge < -0.3 is 57.1 Å². The molecule has 0 spiro atoms. The number of aliphatic carboxylic acids is 1. The first kappa shape index (κ1) is 54.7. The zero-order chi connectivity index (χ0) is 50.4. The Labute approximate surface area is 405 Å². The van der Waals surface area contributed by atoms with Gasteiger partial charge in [-0.05, 0) is 61.3 Å². The van der Waals surface area contributed by atoms with Gasteiger partial charge in [0.15, 0.2) is 5.78 Å². The highest BCUT2D eigenvalue weighted by Crippen LogP contribution is 2.28. The molecule has 1 saturated heterocycles. The maximum atomic E-state index is 14.3. The van der Waals surface area contributed by atoms with Gasteiger partial charge in [-0.1, -0.05) is 73.4 Å². The van der Waals surface area contributed by atoms with Crippen LogP contribution in [0.25, 0.3) is 6.08 Å². The number of ketones is 1. The number of aliphatic hydroxyl groups excluding tert-OH is 1. The fourth-order valence-corrected chi connectivity index (χ4v) is 9.44. The number of aromatic amines is 1. The predicted molar refractivity (Wildman–Crippen MR) is 253 cm³/mol. The van der Waals surface area contributed by atoms with E-state index in [4.69, 9.17) is 11.6 Å². The maximum absolute atomic E-state index is 14.3. The number of nitrogens with zero attached hydrogens (tertiary/aromatic N) is 2. The number of hydrogen-bond acceptors (Lipinski definition) is 14. The minimum atomic E-state index is -1.86. The highest BCUT2D eigenvalue weighted by Gasteiger charge is 2.41. The van der Waals surface area contributed by atoms with Crippen molar-refractivity contribution >= 4 is 92.4 Å². The van der Waals surface area contributed by atoms with Crippen LogP contribution in [-0.2, 0) is 49.6 Å². The number of rotatable bonds is 14. The van der Waals surface area contributed by atoms with Gasteiger partial charge in [-0.3, -0.25) is 43.2 Å². The van der Waals surface area contributed by atoms with Gasteiger partial charge in [-0.2, -0.15) is 0 Å². The summed E-state index contributed by atoms with van der Waals surface area (Å²) in [6.45, 7) is 9.69. The van der Waals surface area contributed by atoms with Crippen molar-refractivity contribution in [1.82, 2.24) is 46.8 Å². The number of amides is 7. The lowest BCUT2D eigenvalue weighted by atomic mass is 9.95. The number of carboxylic acids is 1. The molecular formula is C44H58ClN9O12S2. The van der Waals surface area contributed by atoms with Gasteiger partial charge in [0.05, 0.1) is 35.6 Å². The molecule has 2 aliphatic heterocycles. The fraction of sp³-hybridized carbons (Fsp3) is 0.500. The Kier molecular flexibility index (Phi) is 20.5. The third-order valence-corrected chi connectivity index (χ3v) is 13.5. The maximum Gasteiger partial charge on any atom is 0.305 e. The summed E-state index contributed by atoms with van der Waals surface area (Å²) < 4.78 is 0. The number of phenolic OH excluding ortho intramolecular Hbond substituents is 1. The molecule has 1 aromatic carbocycles. The Bertz CT molecular complexity index is 2280. The third kappa shape index (κ3) is 15.8. The second-order valence-electron chi connectivity index (χ2n) is 17.0. The monoisotopic (exact) mass is 1000 g/mol. The predicted octanol–water partition coefficient (Wildman–Crippen LogP) is 1.31. The minimum Gasteiger partial charge on any atom is -0.506 e. The Morgan fingerprint density at radius 1 is 1.01 bits per heavy atom. The summed E-state index contributed by atoms with van der Waals surface area (Å²) >= 11 is 6.11. The first-order valence-corrected chi connectivity index (χ1v) is 24.5. The van der Waals surface area contributed by atoms with E-state index in [2.05, 4.69) is 41.9 Å². The topological polar surface area (TPSA) is 318 Å². The van der Waals surface area contributed by atoms with Crippen LogP contribution in [0.5, 0.6) is 5.75 Å². The lowest BCUT2D eigenvalue weighted by Crippen LogP contribution is -2.60. The Balaban J connectivity index is 1.77. The molecule has 8 atom stereocenters. The van der Waals surface area contributed by atoms with E-state index in [9.17, 15) is 58.5 Å². The Morgan fingerprint density at radius 3 is 2.34 bits per heavy atom. The number of carbonyl (C=O) groups is 9. The van der Waals surface area contributed by atoms with Gasteiger partial charge >= 0.3 is 5.97 Å². The smallest absolute Gasteiger partial charge is 0.305 e. The van der Waals surface area contributed by atoms with Crippen molar-refractivity contribution in [2.45, 2.75) is 116 Å². The molecule has 0 bridgehead atoms. The number of hydrogen-bond donors (Lipinski definition) is 10. The molecule has 2 aromatic rings. The molecule has 10 N–H and O–H groups in total. The first-order valence-electron chi connectivity index (χ1n) is 21.8. The highest BCUT2D eigenvalue weighted by atomic mass is 35.5. The standard InChI is InChI=1S/C44H58ClN9O12S2/c1-7-22(4)37(24(6)55)53-41(63)31(13-26-16-46-20-47-26)49-42(64)33-19-68-67-18-23(5)44(66)54-17-27(56)14-34(54)43(65)51-30(12-25-8-9-35(57)28(45)11-25)39(61)50-32(15-36(58)59)40(62)48-29(10-21(2)3)38(60)52-33/h8-9,11-12,16,18,20-22,27,29,31-34,37,56-57H,7,10,13-15,17,19H2,1-6H3,(H,46,47)(H,48,62)(H,49,64)(H,50,61)(H,51,65)(H,52,60)(H,53,63)(H,58,59)/b23-18-,30-12-/t22?,27?,29-,31-,32-,33-,34-,37-/m0/s1. The summed E-state index contributed by atoms with van der Waals surface area (Å²) in [5, 5.41) is 47.2. The molecule has 0 aliphatic carbocycles. The number of carbonyl (C=O) groups excluding carboxylic acids is 8. The van der Waals surface area contributed by atoms with Crippen LogP contribution in [0.15, 0.2) is 47.4 Å². The number of aliphatic hydroxyl groups is 1. The molecule has 1 aromatic heterocycles. The van der Waals surface area contributed by atoms with Crippen LogP contribution < -0.4 is 31.9 Å². The van der Waals surface area contributed by atoms with Crippen LogP contribution in [0, 0.1) is 11.8 Å². The summed E-state index contributed by atoms with van der Waals surface area (Å²) in [7, 11) is 2.04. The lowest BCUT2D eigenvalue weighted by Gasteiger charge is -2.28. The lowest BCUT2D eigenvalue weighted by molar-refractivity contribution is -0.141. The molecule has 2 unspecified atom stereocenters. The van der Waals surface area contributed by atoms with Crippen molar-refractivity contribution in [3.05, 3.63) is 63.7 Å². The van der Waals surface area contributed by atoms with Gasteiger partial charge in [0, 0.05) is 36.9 Å². The van der Waals surface area contributed by atoms with Crippen LogP contribution in [0.3, 0.4) is 0 Å². The van der Waals surface area contributed by atoms with E-state index >= 15 is 0 Å². The number of aromatic nitrogens is 2. The highest BCUT2D eigenvalue weighted by molar-refractivity contribution is 8.77. The van der Waals surface area contributed by atoms with E-state index in [0.717, 1.165) is 32.6 Å². The molecule has 370 valence electrons. The van der Waals surface area contributed by atoms with E-state index < -0.39 is 102 Å². The molecular weight excluding hydrogens is 946 g/mol. The van der Waals surface area contributed by atoms with E-state index in [-0.39, 0.29) is 71.1 Å². The molecule has 68 heavy (non-hydrogen) atoms. The first-order chi connectivity index (χ1) is 32.1. The number of aromatic hydroxyl groups is 1. The van der Waals surface area contributed by atoms with Gasteiger partial charge in [-0.15, -0.1) is 0 Å². The van der Waals surface area contributed by atoms with Crippen LogP contribution in [0.1, 0.15) is 78.5 Å². The van der Waals surface area contributed by atoms with Crippen molar-refractivity contribution in [1.29, 1.82) is 0 Å². The fourth-order valence-electron chi connectivity index (χ4n) is 7.21. The van der Waals surface area contributed by atoms with Crippen molar-refractivity contribution in [2.75, 3.05) is 12.3 Å². The second-order valence-corrected chi connectivity index (χ2v) is 19.7. The number of halogens is 1. The van der Waals surface area contributed by atoms with Crippen LogP contribution in [0.4, 0.5) is 0 Å². The van der Waals surface area contributed by atoms with Gasteiger partial charge in [-0.25, -0.2) is 4.98 Å². The quantitative estimate of drug-likeness (QED) is 0.0943. The van der Waals surface area contributed by atoms with E-state index in [1.165, 1.54) is 50.0 Å². The number of phenols is 1. The van der Waals surface area contributed by atoms with E-state index in [1.54, 1.807) is 20.8 Å². The van der Waals surface area contributed by atoms with Gasteiger partial charge in [0.25, 0.3) is 11.8 Å². The summed E-state index contributed by atoms with van der Waals surface area (Å²) in [4.78, 5) is 131. The number of fused-ring (bicyclic) bond motifs is 1. The van der Waals surface area contributed by atoms with E-state index in [1.807, 2.05) is 6.92 Å². The molecule has 2 aliphatic rings. The SMILES string of the molecule is CCC(C)[C@H](NC(=O)[C@H](Cc1c[nH]cn1)NC(=O)[C@@H]1CSS/C=C(/C)C(=O)N2CC(O)C[C@H]2C(=O)N/C(=C\c2ccc(O)c(Cl)c2)C(=O)N[C@@H](CC(=O)O)C(=O)N[C@@H](CC(C)C)C(=O)N1)C(C)=O. The van der Waals surface area contributed by atoms with Crippen molar-refractivity contribution in [3.8, 4) is 5.75 Å². The zero-order valence-electron chi connectivity index (χ0n) is 38.3. The molecule has 3 heterocycles. The largest absolute Gasteiger partial charge is 0.506 e. The second kappa shape index (κ2) is 25.5. The number of imidazole rings is 1. The summed E-state index contributed by atoms with van der Waals surface area (Å²) in [5.74, 6) is -9.11. The molecule has 7 amide bonds. The molecule has 0 radical (unpaired) electrons. The number of carboxylic acid groups (broad SMARTS) is 1. The van der Waals surface area contributed by atoms with Crippen molar-refractivity contribution < 1.29 is 58.5 Å². The third-order valence-electron chi connectivity index (χ3n) is 11.0. The van der Waals surface area contributed by atoms with Crippen LogP contribution in [-0.4, -0.2) is 138 Å². The molecule has 4 rings (SSSR count). The number of H-pyrrole nitrogens is 1. The summed E-state index contributed by atoms with van der Waals surface area (Å²) in [5.41, 5.74) is 0.147. The van der Waals surface area contributed by atoms with Crippen LogP contribution >= 0.6 is 33.2 Å². The average molecular weight is 1000 g/mol. The van der Waals surface area contributed by atoms with Gasteiger partial charge in [0.2, 0.25) is 29.5 Å². The Morgan fingerprint density at radius 2 is 1.72 bits per heavy atom. The van der Waals surface area contributed by atoms with Gasteiger partial charge in [0.1, 0.15) is 41.7 Å². The van der Waals surface area contributed by atoms with Crippen molar-refractivity contribution in [2.24, 2.45) is 11.8 Å². The number of Topliss-reactive ketones (excluding diaryl/α,β-unsaturated/α-hetero) is 1. The number of nitrogens with one attached hydrogen (secondary N) is 7. The molecule has 21 nitrogen and oxygen atoms in total. The van der Waals surface area contributed by atoms with E-state index in [0.29, 0.717) is 12.1 Å². The average Bonchev–Trinajstić information content (AvgIpc) is 3.94. The minimum absolute atomic E-state index is 0.0373. The number of benzene rings is 1. The normalized spacial score (nSPS) is 24.0. The molecule has 24 heteroatoms. The summed E-state index contributed by atoms with van der Waals surface area (Å²) in [6.07, 6.45) is 2.07. The van der Waals surface area contributed by atoms with Crippen LogP contribution in [0.2, 0.25) is 5.02 Å². The Hall–Kier alpha value is -5.91. The van der Waals surface area contributed by atoms with Crippen molar-refractivity contribution in [3.63, 3.8) is 0 Å². The zero-order valence-corrected chi connectivity index (χ0v) is 40.7. The molecule has 0 saturated carbocycles.